The molecule has 0 amide bonds. The maximum atomic E-state index is 5.35. The van der Waals surface area contributed by atoms with Crippen LogP contribution in [0.5, 0.6) is 0 Å². The van der Waals surface area contributed by atoms with Gasteiger partial charge in [0.2, 0.25) is 0 Å². The Morgan fingerprint density at radius 1 is 1.00 bits per heavy atom. The third-order valence-electron chi connectivity index (χ3n) is 3.38. The molecule has 0 fully saturated rings. The summed E-state index contributed by atoms with van der Waals surface area (Å²) in [5, 5.41) is 0. The van der Waals surface area contributed by atoms with Crippen molar-refractivity contribution in [3.05, 3.63) is 91.4 Å². The summed E-state index contributed by atoms with van der Waals surface area (Å²) in [6, 6.07) is 18.2. The summed E-state index contributed by atoms with van der Waals surface area (Å²) in [6.45, 7) is 4.13. The van der Waals surface area contributed by atoms with Crippen LogP contribution >= 0.6 is 0 Å². The fourth-order valence-corrected chi connectivity index (χ4v) is 2.39. The van der Waals surface area contributed by atoms with Crippen LogP contribution in [0.3, 0.4) is 0 Å². The molecule has 0 aliphatic heterocycles. The summed E-state index contributed by atoms with van der Waals surface area (Å²) < 4.78 is 2.12. The van der Waals surface area contributed by atoms with Crippen molar-refractivity contribution in [3.63, 3.8) is 0 Å². The van der Waals surface area contributed by atoms with Crippen LogP contribution in [0.15, 0.2) is 85.6 Å². The van der Waals surface area contributed by atoms with E-state index < -0.39 is 0 Å². The average Bonchev–Trinajstić information content (AvgIpc) is 2.95. The first-order chi connectivity index (χ1) is 10.8. The molecule has 3 aromatic rings. The van der Waals surface area contributed by atoms with Crippen molar-refractivity contribution in [2.75, 3.05) is 0 Å². The molecule has 0 radical (unpaired) electrons. The molecule has 3 rings (SSSR count). The Morgan fingerprint density at radius 3 is 2.50 bits per heavy atom. The average molecular weight is 287 g/mol. The number of para-hydroxylation sites is 3. The lowest BCUT2D eigenvalue weighted by atomic mass is 10.2. The summed E-state index contributed by atoms with van der Waals surface area (Å²) in [4.78, 5) is 4.72. The van der Waals surface area contributed by atoms with Gasteiger partial charge in [-0.2, -0.15) is 0 Å². The largest absolute Gasteiger partial charge is 0.405 e. The highest BCUT2D eigenvalue weighted by molar-refractivity contribution is 5.83. The van der Waals surface area contributed by atoms with Gasteiger partial charge in [0, 0.05) is 11.3 Å². The van der Waals surface area contributed by atoms with E-state index in [2.05, 4.69) is 29.3 Å². The van der Waals surface area contributed by atoms with Gasteiger partial charge >= 0.3 is 0 Å². The number of rotatable bonds is 4. The van der Waals surface area contributed by atoms with E-state index in [1.54, 1.807) is 6.08 Å². The second-order valence-electron chi connectivity index (χ2n) is 4.86. The molecule has 0 bridgehead atoms. The second-order valence-corrected chi connectivity index (χ2v) is 4.86. The number of imidazole rings is 1. The molecular weight excluding hydrogens is 270 g/mol. The molecule has 1 aromatic heterocycles. The number of allylic oxidation sites excluding steroid dienone is 4. The van der Waals surface area contributed by atoms with Gasteiger partial charge in [0.25, 0.3) is 0 Å². The van der Waals surface area contributed by atoms with Crippen molar-refractivity contribution in [2.45, 2.75) is 0 Å². The Bertz CT molecular complexity index is 855. The first kappa shape index (κ1) is 13.9. The molecule has 0 saturated carbocycles. The number of nitrogens with two attached hydrogens (primary N) is 1. The van der Waals surface area contributed by atoms with Crippen LogP contribution < -0.4 is 5.73 Å². The standard InChI is InChI=1S/C19H17N3/c1-15(9-7-8-14-20)19-21-17-12-5-6-13-18(17)22(19)16-10-3-2-4-11-16/h2-14H,1,20H2/b9-7-,14-8-. The Morgan fingerprint density at radius 2 is 1.73 bits per heavy atom. The van der Waals surface area contributed by atoms with Gasteiger partial charge in [-0.1, -0.05) is 49.1 Å². The van der Waals surface area contributed by atoms with Crippen molar-refractivity contribution >= 4 is 16.6 Å². The van der Waals surface area contributed by atoms with Crippen LogP contribution in [0.25, 0.3) is 22.3 Å². The summed E-state index contributed by atoms with van der Waals surface area (Å²) in [7, 11) is 0. The second kappa shape index (κ2) is 6.14. The normalized spacial score (nSPS) is 11.6. The van der Waals surface area contributed by atoms with Crippen LogP contribution in [0, 0.1) is 0 Å². The minimum absolute atomic E-state index is 0.828. The topological polar surface area (TPSA) is 43.8 Å². The van der Waals surface area contributed by atoms with Gasteiger partial charge in [-0.05, 0) is 36.5 Å². The number of hydrogen-bond acceptors (Lipinski definition) is 2. The minimum Gasteiger partial charge on any atom is -0.405 e. The van der Waals surface area contributed by atoms with E-state index in [4.69, 9.17) is 10.7 Å². The number of fused-ring (bicyclic) bond motifs is 1. The maximum Gasteiger partial charge on any atom is 0.145 e. The van der Waals surface area contributed by atoms with Gasteiger partial charge < -0.3 is 5.73 Å². The van der Waals surface area contributed by atoms with Crippen molar-refractivity contribution in [1.29, 1.82) is 0 Å². The van der Waals surface area contributed by atoms with Gasteiger partial charge in [0.05, 0.1) is 11.0 Å². The molecule has 3 heteroatoms. The fourth-order valence-electron chi connectivity index (χ4n) is 2.39. The number of benzene rings is 2. The van der Waals surface area contributed by atoms with Crippen molar-refractivity contribution in [3.8, 4) is 5.69 Å². The van der Waals surface area contributed by atoms with E-state index in [1.807, 2.05) is 48.6 Å². The Labute approximate surface area is 129 Å². The molecule has 2 aromatic carbocycles. The smallest absolute Gasteiger partial charge is 0.145 e. The predicted molar refractivity (Wildman–Crippen MR) is 92.6 cm³/mol. The predicted octanol–water partition coefficient (Wildman–Crippen LogP) is 4.07. The zero-order valence-corrected chi connectivity index (χ0v) is 12.2. The van der Waals surface area contributed by atoms with E-state index in [-0.39, 0.29) is 0 Å². The number of nitrogens with zero attached hydrogens (tertiary/aromatic N) is 2. The Hall–Kier alpha value is -3.07. The molecule has 0 spiro atoms. The zero-order valence-electron chi connectivity index (χ0n) is 12.2. The van der Waals surface area contributed by atoms with Crippen molar-refractivity contribution in [2.24, 2.45) is 5.73 Å². The van der Waals surface area contributed by atoms with Gasteiger partial charge in [0.1, 0.15) is 5.82 Å². The summed E-state index contributed by atoms with van der Waals surface area (Å²) in [5.74, 6) is 0.828. The lowest BCUT2D eigenvalue weighted by Crippen LogP contribution is -1.99. The zero-order chi connectivity index (χ0) is 15.4. The maximum absolute atomic E-state index is 5.35. The van der Waals surface area contributed by atoms with E-state index in [1.165, 1.54) is 6.20 Å². The van der Waals surface area contributed by atoms with Crippen molar-refractivity contribution < 1.29 is 0 Å². The van der Waals surface area contributed by atoms with Crippen LogP contribution in [0.1, 0.15) is 5.82 Å². The van der Waals surface area contributed by atoms with E-state index >= 15 is 0 Å². The van der Waals surface area contributed by atoms with Crippen LogP contribution in [0.4, 0.5) is 0 Å². The van der Waals surface area contributed by atoms with Gasteiger partial charge in [-0.15, -0.1) is 0 Å². The monoisotopic (exact) mass is 287 g/mol. The highest BCUT2D eigenvalue weighted by Gasteiger charge is 2.12. The quantitative estimate of drug-likeness (QED) is 0.735. The minimum atomic E-state index is 0.828. The summed E-state index contributed by atoms with van der Waals surface area (Å²) >= 11 is 0. The molecule has 0 aliphatic rings. The Balaban J connectivity index is 2.19. The summed E-state index contributed by atoms with van der Waals surface area (Å²) in [5.41, 5.74) is 9.26. The lowest BCUT2D eigenvalue weighted by Gasteiger charge is -2.09. The first-order valence-electron chi connectivity index (χ1n) is 7.08. The lowest BCUT2D eigenvalue weighted by molar-refractivity contribution is 1.06. The Kier molecular flexibility index (Phi) is 3.88. The SMILES string of the molecule is C=C(/C=C\C=C/N)c1nc2ccccc2n1-c1ccccc1. The summed E-state index contributed by atoms with van der Waals surface area (Å²) in [6.07, 6.45) is 7.02. The number of aromatic nitrogens is 2. The van der Waals surface area contributed by atoms with E-state index in [9.17, 15) is 0 Å². The van der Waals surface area contributed by atoms with E-state index in [0.717, 1.165) is 28.1 Å². The molecule has 0 atom stereocenters. The molecule has 0 saturated heterocycles. The molecule has 0 aliphatic carbocycles. The molecule has 108 valence electrons. The molecular formula is C19H17N3. The van der Waals surface area contributed by atoms with Crippen molar-refractivity contribution in [1.82, 2.24) is 9.55 Å². The van der Waals surface area contributed by atoms with Crippen LogP contribution in [-0.2, 0) is 0 Å². The molecule has 3 nitrogen and oxygen atoms in total. The molecule has 22 heavy (non-hydrogen) atoms. The van der Waals surface area contributed by atoms with Gasteiger partial charge in [0.15, 0.2) is 0 Å². The third kappa shape index (κ3) is 2.56. The fraction of sp³-hybridized carbons (Fsp3) is 0. The molecule has 2 N–H and O–H groups in total. The van der Waals surface area contributed by atoms with E-state index in [0.29, 0.717) is 0 Å². The van der Waals surface area contributed by atoms with Gasteiger partial charge in [-0.3, -0.25) is 4.57 Å². The van der Waals surface area contributed by atoms with Crippen LogP contribution in [-0.4, -0.2) is 9.55 Å². The first-order valence-corrected chi connectivity index (χ1v) is 7.08. The highest BCUT2D eigenvalue weighted by atomic mass is 15.1. The van der Waals surface area contributed by atoms with Gasteiger partial charge in [-0.25, -0.2) is 4.98 Å². The van der Waals surface area contributed by atoms with Crippen LogP contribution in [0.2, 0.25) is 0 Å². The molecule has 0 unspecified atom stereocenters. The molecule has 1 heterocycles. The number of hydrogen-bond donors (Lipinski definition) is 1. The third-order valence-corrected chi connectivity index (χ3v) is 3.38. The highest BCUT2D eigenvalue weighted by Crippen LogP contribution is 2.25.